The van der Waals surface area contributed by atoms with Crippen molar-refractivity contribution in [3.8, 4) is 22.6 Å². The minimum absolute atomic E-state index is 0.557. The average molecular weight is 263 g/mol. The summed E-state index contributed by atoms with van der Waals surface area (Å²) in [5, 5.41) is 6.70. The van der Waals surface area contributed by atoms with Crippen LogP contribution in [0.3, 0.4) is 0 Å². The second-order valence-corrected chi connectivity index (χ2v) is 4.74. The van der Waals surface area contributed by atoms with E-state index in [1.54, 1.807) is 18.0 Å². The lowest BCUT2D eigenvalue weighted by atomic mass is 10.1. The van der Waals surface area contributed by atoms with Crippen LogP contribution in [-0.2, 0) is 0 Å². The van der Waals surface area contributed by atoms with E-state index in [4.69, 9.17) is 15.2 Å². The van der Waals surface area contributed by atoms with Gasteiger partial charge < -0.3 is 15.2 Å². The first-order valence-electron chi connectivity index (χ1n) is 5.56. The molecule has 6 heteroatoms. The lowest BCUT2D eigenvalue weighted by Gasteiger charge is -2.20. The molecule has 2 aromatic rings. The van der Waals surface area contributed by atoms with Crippen LogP contribution in [0.25, 0.3) is 11.1 Å². The van der Waals surface area contributed by atoms with Crippen LogP contribution in [0.4, 0.5) is 5.82 Å². The summed E-state index contributed by atoms with van der Waals surface area (Å²) in [6.07, 6.45) is 3.74. The Hall–Kier alpha value is -1.82. The van der Waals surface area contributed by atoms with Gasteiger partial charge in [0.15, 0.2) is 11.5 Å². The first-order valence-corrected chi connectivity index (χ1v) is 6.79. The average Bonchev–Trinajstić information content (AvgIpc) is 2.83. The van der Waals surface area contributed by atoms with E-state index in [-0.39, 0.29) is 0 Å². The molecule has 0 radical (unpaired) electrons. The number of rotatable bonds is 2. The monoisotopic (exact) mass is 263 g/mol. The molecule has 5 nitrogen and oxygen atoms in total. The van der Waals surface area contributed by atoms with Gasteiger partial charge in [0.25, 0.3) is 0 Å². The Morgan fingerprint density at radius 2 is 1.94 bits per heavy atom. The van der Waals surface area contributed by atoms with Gasteiger partial charge >= 0.3 is 0 Å². The van der Waals surface area contributed by atoms with E-state index in [1.807, 2.05) is 18.4 Å². The fourth-order valence-corrected chi connectivity index (χ4v) is 2.57. The number of nitrogen functional groups attached to an aromatic ring is 1. The Labute approximate surface area is 109 Å². The summed E-state index contributed by atoms with van der Waals surface area (Å²) in [4.78, 5) is 1.09. The molecule has 0 aliphatic carbocycles. The Kier molecular flexibility index (Phi) is 2.79. The van der Waals surface area contributed by atoms with Crippen LogP contribution in [0.1, 0.15) is 0 Å². The molecule has 0 saturated carbocycles. The Balaban J connectivity index is 2.16. The molecular formula is C12H13N3O2S. The topological polar surface area (TPSA) is 73.2 Å². The number of thioether (sulfide) groups is 1. The number of hydrogen-bond acceptors (Lipinski definition) is 5. The molecule has 0 unspecified atom stereocenters. The third kappa shape index (κ3) is 1.78. The highest BCUT2D eigenvalue weighted by Crippen LogP contribution is 2.41. The molecule has 1 aliphatic rings. The van der Waals surface area contributed by atoms with Crippen LogP contribution >= 0.6 is 11.8 Å². The summed E-state index contributed by atoms with van der Waals surface area (Å²) in [6, 6.07) is 3.95. The third-order valence-corrected chi connectivity index (χ3v) is 3.60. The lowest BCUT2D eigenvalue weighted by Crippen LogP contribution is -2.15. The number of aromatic nitrogens is 2. The van der Waals surface area contributed by atoms with Crippen molar-refractivity contribution in [1.82, 2.24) is 10.2 Å². The Bertz CT molecular complexity index is 583. The zero-order chi connectivity index (χ0) is 12.5. The second kappa shape index (κ2) is 4.45. The van der Waals surface area contributed by atoms with E-state index in [0.717, 1.165) is 27.5 Å². The molecule has 2 heterocycles. The van der Waals surface area contributed by atoms with Crippen molar-refractivity contribution in [2.24, 2.45) is 0 Å². The van der Waals surface area contributed by atoms with Gasteiger partial charge in [0.1, 0.15) is 19.0 Å². The fourth-order valence-electron chi connectivity index (χ4n) is 1.96. The Morgan fingerprint density at radius 3 is 2.56 bits per heavy atom. The number of H-pyrrole nitrogens is 1. The van der Waals surface area contributed by atoms with Crippen LogP contribution < -0.4 is 15.2 Å². The number of benzene rings is 1. The predicted molar refractivity (Wildman–Crippen MR) is 71.2 cm³/mol. The molecule has 1 aromatic heterocycles. The van der Waals surface area contributed by atoms with E-state index in [1.165, 1.54) is 0 Å². The van der Waals surface area contributed by atoms with Gasteiger partial charge in [-0.3, -0.25) is 5.10 Å². The molecule has 0 amide bonds. The highest BCUT2D eigenvalue weighted by Gasteiger charge is 2.18. The van der Waals surface area contributed by atoms with Crippen molar-refractivity contribution in [2.75, 3.05) is 25.2 Å². The fraction of sp³-hybridized carbons (Fsp3) is 0.250. The van der Waals surface area contributed by atoms with Gasteiger partial charge in [0.2, 0.25) is 0 Å². The van der Waals surface area contributed by atoms with Crippen molar-refractivity contribution >= 4 is 17.6 Å². The molecule has 0 atom stereocenters. The van der Waals surface area contributed by atoms with Crippen LogP contribution in [0, 0.1) is 0 Å². The zero-order valence-electron chi connectivity index (χ0n) is 9.90. The largest absolute Gasteiger partial charge is 0.486 e. The first-order chi connectivity index (χ1) is 8.79. The van der Waals surface area contributed by atoms with Gasteiger partial charge in [-0.15, -0.1) is 11.8 Å². The molecule has 0 saturated heterocycles. The number of ether oxygens (including phenoxy) is 2. The second-order valence-electron chi connectivity index (χ2n) is 3.89. The maximum atomic E-state index is 5.87. The van der Waals surface area contributed by atoms with Crippen LogP contribution in [0.5, 0.6) is 11.5 Å². The Morgan fingerprint density at radius 1 is 1.22 bits per heavy atom. The van der Waals surface area contributed by atoms with E-state index in [2.05, 4.69) is 10.2 Å². The van der Waals surface area contributed by atoms with Gasteiger partial charge in [-0.25, -0.2) is 0 Å². The molecule has 3 rings (SSSR count). The summed E-state index contributed by atoms with van der Waals surface area (Å²) in [5.74, 6) is 2.10. The highest BCUT2D eigenvalue weighted by molar-refractivity contribution is 7.98. The van der Waals surface area contributed by atoms with Gasteiger partial charge in [-0.2, -0.15) is 5.10 Å². The van der Waals surface area contributed by atoms with E-state index >= 15 is 0 Å². The first kappa shape index (κ1) is 11.3. The quantitative estimate of drug-likeness (QED) is 0.812. The van der Waals surface area contributed by atoms with Gasteiger partial charge in [-0.05, 0) is 18.4 Å². The minimum Gasteiger partial charge on any atom is -0.486 e. The summed E-state index contributed by atoms with van der Waals surface area (Å²) in [6.45, 7) is 1.17. The molecule has 0 fully saturated rings. The number of aromatic amines is 1. The molecule has 0 bridgehead atoms. The molecule has 0 spiro atoms. The highest BCUT2D eigenvalue weighted by atomic mass is 32.2. The maximum Gasteiger partial charge on any atom is 0.162 e. The lowest BCUT2D eigenvalue weighted by molar-refractivity contribution is 0.171. The summed E-state index contributed by atoms with van der Waals surface area (Å²) in [5.41, 5.74) is 7.77. The summed E-state index contributed by atoms with van der Waals surface area (Å²) in [7, 11) is 0. The number of fused-ring (bicyclic) bond motifs is 1. The van der Waals surface area contributed by atoms with E-state index in [0.29, 0.717) is 19.0 Å². The smallest absolute Gasteiger partial charge is 0.162 e. The van der Waals surface area contributed by atoms with Crippen LogP contribution in [0.2, 0.25) is 0 Å². The zero-order valence-corrected chi connectivity index (χ0v) is 10.7. The van der Waals surface area contributed by atoms with Crippen LogP contribution in [0.15, 0.2) is 23.2 Å². The molecule has 94 valence electrons. The van der Waals surface area contributed by atoms with E-state index in [9.17, 15) is 0 Å². The standard InChI is InChI=1S/C12H13N3O2S/c1-18-11-5-10-9(16-2-3-17-10)4-7(11)8-6-14-15-12(8)13/h4-6H,2-3H2,1H3,(H3,13,14,15). The van der Waals surface area contributed by atoms with Gasteiger partial charge in [0, 0.05) is 16.0 Å². The minimum atomic E-state index is 0.557. The number of anilines is 1. The predicted octanol–water partition coefficient (Wildman–Crippen LogP) is 2.15. The van der Waals surface area contributed by atoms with Crippen molar-refractivity contribution in [2.45, 2.75) is 4.90 Å². The number of nitrogens with zero attached hydrogens (tertiary/aromatic N) is 1. The molecular weight excluding hydrogens is 250 g/mol. The molecule has 18 heavy (non-hydrogen) atoms. The molecule has 1 aliphatic heterocycles. The summed E-state index contributed by atoms with van der Waals surface area (Å²) >= 11 is 1.64. The van der Waals surface area contributed by atoms with Crippen molar-refractivity contribution < 1.29 is 9.47 Å². The van der Waals surface area contributed by atoms with Gasteiger partial charge in [-0.1, -0.05) is 0 Å². The molecule has 1 aromatic carbocycles. The van der Waals surface area contributed by atoms with Crippen molar-refractivity contribution in [3.63, 3.8) is 0 Å². The summed E-state index contributed by atoms with van der Waals surface area (Å²) < 4.78 is 11.2. The number of nitrogens with one attached hydrogen (secondary N) is 1. The SMILES string of the molecule is CSc1cc2c(cc1-c1cn[nH]c1N)OCCO2. The number of nitrogens with two attached hydrogens (primary N) is 1. The van der Waals surface area contributed by atoms with Crippen molar-refractivity contribution in [3.05, 3.63) is 18.3 Å². The normalized spacial score (nSPS) is 13.6. The molecule has 3 N–H and O–H groups in total. The van der Waals surface area contributed by atoms with E-state index < -0.39 is 0 Å². The number of hydrogen-bond donors (Lipinski definition) is 2. The van der Waals surface area contributed by atoms with Crippen LogP contribution in [-0.4, -0.2) is 29.7 Å². The van der Waals surface area contributed by atoms with Crippen molar-refractivity contribution in [1.29, 1.82) is 0 Å². The van der Waals surface area contributed by atoms with Gasteiger partial charge in [0.05, 0.1) is 6.20 Å². The maximum absolute atomic E-state index is 5.87. The third-order valence-electron chi connectivity index (χ3n) is 2.82.